The van der Waals surface area contributed by atoms with Crippen molar-refractivity contribution in [1.82, 2.24) is 19.6 Å². The Balaban J connectivity index is 2.16. The third kappa shape index (κ3) is 3.24. The molecule has 7 heteroatoms. The first kappa shape index (κ1) is 14.7. The number of nitrogens with one attached hydrogen (secondary N) is 2. The minimum absolute atomic E-state index is 0.277. The second-order valence-corrected chi connectivity index (χ2v) is 6.55. The molecule has 6 nitrogen and oxygen atoms in total. The van der Waals surface area contributed by atoms with E-state index in [0.717, 1.165) is 11.3 Å². The van der Waals surface area contributed by atoms with E-state index in [2.05, 4.69) is 15.3 Å². The molecule has 0 aliphatic carbocycles. The molecule has 0 unspecified atom stereocenters. The molecule has 2 aromatic heterocycles. The number of hydrogen-bond donors (Lipinski definition) is 2. The molecule has 0 aromatic carbocycles. The first-order valence-electron chi connectivity index (χ1n) is 6.21. The maximum atomic E-state index is 12.4. The van der Waals surface area contributed by atoms with Gasteiger partial charge in [-0.25, -0.2) is 8.42 Å². The normalized spacial score (nSPS) is 11.9. The molecule has 0 aliphatic rings. The SMILES string of the molecule is CNCc1cc(S(=O)(=O)N(C)Cc2ccncc2)c[nH]1. The quantitative estimate of drug-likeness (QED) is 0.831. The van der Waals surface area contributed by atoms with Gasteiger partial charge in [0, 0.05) is 44.4 Å². The zero-order valence-electron chi connectivity index (χ0n) is 11.5. The molecule has 0 atom stereocenters. The maximum Gasteiger partial charge on any atom is 0.244 e. The van der Waals surface area contributed by atoms with Crippen LogP contribution in [0.3, 0.4) is 0 Å². The van der Waals surface area contributed by atoms with E-state index in [-0.39, 0.29) is 4.90 Å². The third-order valence-electron chi connectivity index (χ3n) is 2.95. The summed E-state index contributed by atoms with van der Waals surface area (Å²) < 4.78 is 26.2. The minimum atomic E-state index is -3.48. The number of H-pyrrole nitrogens is 1. The largest absolute Gasteiger partial charge is 0.363 e. The van der Waals surface area contributed by atoms with Gasteiger partial charge in [-0.1, -0.05) is 0 Å². The van der Waals surface area contributed by atoms with Gasteiger partial charge in [0.25, 0.3) is 0 Å². The molecule has 2 aromatic rings. The lowest BCUT2D eigenvalue weighted by molar-refractivity contribution is 0.466. The average Bonchev–Trinajstić information content (AvgIpc) is 2.89. The molecule has 0 saturated heterocycles. The second kappa shape index (κ2) is 6.17. The van der Waals surface area contributed by atoms with Gasteiger partial charge in [0.05, 0.1) is 4.90 Å². The standard InChI is InChI=1S/C13H18N4O2S/c1-14-8-12-7-13(9-16-12)20(18,19)17(2)10-11-3-5-15-6-4-11/h3-7,9,14,16H,8,10H2,1-2H3. The van der Waals surface area contributed by atoms with Crippen molar-refractivity contribution < 1.29 is 8.42 Å². The highest BCUT2D eigenvalue weighted by Crippen LogP contribution is 2.17. The highest BCUT2D eigenvalue weighted by molar-refractivity contribution is 7.89. The summed E-state index contributed by atoms with van der Waals surface area (Å²) in [5.74, 6) is 0. The van der Waals surface area contributed by atoms with Crippen LogP contribution in [0.5, 0.6) is 0 Å². The predicted octanol–water partition coefficient (Wildman–Crippen LogP) is 0.950. The molecule has 0 bridgehead atoms. The van der Waals surface area contributed by atoms with Gasteiger partial charge < -0.3 is 10.3 Å². The summed E-state index contributed by atoms with van der Waals surface area (Å²) in [6, 6.07) is 5.25. The third-order valence-corrected chi connectivity index (χ3v) is 4.73. The molecule has 2 heterocycles. The van der Waals surface area contributed by atoms with Crippen molar-refractivity contribution in [1.29, 1.82) is 0 Å². The summed E-state index contributed by atoms with van der Waals surface area (Å²) in [4.78, 5) is 7.15. The second-order valence-electron chi connectivity index (χ2n) is 4.51. The monoisotopic (exact) mass is 294 g/mol. The van der Waals surface area contributed by atoms with Crippen molar-refractivity contribution in [2.24, 2.45) is 0 Å². The Morgan fingerprint density at radius 1 is 1.35 bits per heavy atom. The lowest BCUT2D eigenvalue weighted by Gasteiger charge is -2.16. The van der Waals surface area contributed by atoms with Crippen LogP contribution in [0.1, 0.15) is 11.3 Å². The number of sulfonamides is 1. The molecular weight excluding hydrogens is 276 g/mol. The molecule has 20 heavy (non-hydrogen) atoms. The molecule has 2 rings (SSSR count). The number of aromatic nitrogens is 2. The summed E-state index contributed by atoms with van der Waals surface area (Å²) in [5.41, 5.74) is 1.74. The summed E-state index contributed by atoms with van der Waals surface area (Å²) >= 11 is 0. The van der Waals surface area contributed by atoms with Gasteiger partial charge in [-0.15, -0.1) is 0 Å². The lowest BCUT2D eigenvalue weighted by atomic mass is 10.3. The molecular formula is C13H18N4O2S. The topological polar surface area (TPSA) is 78.1 Å². The van der Waals surface area contributed by atoms with Crippen LogP contribution in [0.4, 0.5) is 0 Å². The predicted molar refractivity (Wildman–Crippen MR) is 76.4 cm³/mol. The van der Waals surface area contributed by atoms with Gasteiger partial charge in [0.1, 0.15) is 0 Å². The van der Waals surface area contributed by atoms with Crippen molar-refractivity contribution in [3.8, 4) is 0 Å². The number of rotatable bonds is 6. The van der Waals surface area contributed by atoms with Gasteiger partial charge >= 0.3 is 0 Å². The highest BCUT2D eigenvalue weighted by atomic mass is 32.2. The molecule has 108 valence electrons. The van der Waals surface area contributed by atoms with E-state index in [1.807, 2.05) is 7.05 Å². The Labute approximate surface area is 118 Å². The zero-order valence-corrected chi connectivity index (χ0v) is 12.3. The molecule has 0 saturated carbocycles. The van der Waals surface area contributed by atoms with Crippen LogP contribution in [0.15, 0.2) is 41.7 Å². The minimum Gasteiger partial charge on any atom is -0.363 e. The summed E-state index contributed by atoms with van der Waals surface area (Å²) in [6.45, 7) is 0.918. The lowest BCUT2D eigenvalue weighted by Crippen LogP contribution is -2.26. The molecule has 0 aliphatic heterocycles. The van der Waals surface area contributed by atoms with Crippen molar-refractivity contribution in [2.45, 2.75) is 18.0 Å². The first-order chi connectivity index (χ1) is 9.54. The average molecular weight is 294 g/mol. The van der Waals surface area contributed by atoms with Crippen molar-refractivity contribution in [3.05, 3.63) is 48.0 Å². The van der Waals surface area contributed by atoms with Gasteiger partial charge in [-0.05, 0) is 30.8 Å². The Hall–Kier alpha value is -1.70. The van der Waals surface area contributed by atoms with Crippen LogP contribution in [-0.4, -0.2) is 36.8 Å². The summed E-state index contributed by atoms with van der Waals surface area (Å²) in [5, 5.41) is 2.97. The van der Waals surface area contributed by atoms with E-state index in [9.17, 15) is 8.42 Å². The fourth-order valence-corrected chi connectivity index (χ4v) is 3.05. The Bertz CT molecular complexity index is 652. The van der Waals surface area contributed by atoms with Crippen LogP contribution in [0.2, 0.25) is 0 Å². The van der Waals surface area contributed by atoms with E-state index >= 15 is 0 Å². The Morgan fingerprint density at radius 2 is 2.05 bits per heavy atom. The fraction of sp³-hybridized carbons (Fsp3) is 0.308. The van der Waals surface area contributed by atoms with Gasteiger partial charge in [0.2, 0.25) is 10.0 Å². The number of hydrogen-bond acceptors (Lipinski definition) is 4. The van der Waals surface area contributed by atoms with Crippen LogP contribution in [0.25, 0.3) is 0 Å². The van der Waals surface area contributed by atoms with E-state index in [4.69, 9.17) is 0 Å². The molecule has 0 spiro atoms. The smallest absolute Gasteiger partial charge is 0.244 e. The molecule has 0 fully saturated rings. The van der Waals surface area contributed by atoms with Crippen LogP contribution >= 0.6 is 0 Å². The van der Waals surface area contributed by atoms with Crippen molar-refractivity contribution >= 4 is 10.0 Å². The van der Waals surface area contributed by atoms with Crippen molar-refractivity contribution in [2.75, 3.05) is 14.1 Å². The first-order valence-corrected chi connectivity index (χ1v) is 7.65. The van der Waals surface area contributed by atoms with E-state index in [0.29, 0.717) is 13.1 Å². The van der Waals surface area contributed by atoms with Gasteiger partial charge in [0.15, 0.2) is 0 Å². The van der Waals surface area contributed by atoms with Crippen LogP contribution in [0, 0.1) is 0 Å². The van der Waals surface area contributed by atoms with Crippen LogP contribution < -0.4 is 5.32 Å². The van der Waals surface area contributed by atoms with Crippen LogP contribution in [-0.2, 0) is 23.1 Å². The zero-order chi connectivity index (χ0) is 14.6. The molecule has 0 radical (unpaired) electrons. The summed E-state index contributed by atoms with van der Waals surface area (Å²) in [6.07, 6.45) is 4.82. The molecule has 0 amide bonds. The van der Waals surface area contributed by atoms with E-state index < -0.39 is 10.0 Å². The molecule has 2 N–H and O–H groups in total. The highest BCUT2D eigenvalue weighted by Gasteiger charge is 2.22. The Kier molecular flexibility index (Phi) is 4.53. The summed E-state index contributed by atoms with van der Waals surface area (Å²) in [7, 11) is -0.101. The van der Waals surface area contributed by atoms with Gasteiger partial charge in [-0.3, -0.25) is 4.98 Å². The maximum absolute atomic E-state index is 12.4. The van der Waals surface area contributed by atoms with E-state index in [1.54, 1.807) is 37.6 Å². The van der Waals surface area contributed by atoms with Crippen molar-refractivity contribution in [3.63, 3.8) is 0 Å². The number of pyridine rings is 1. The number of aromatic amines is 1. The van der Waals surface area contributed by atoms with E-state index in [1.165, 1.54) is 10.5 Å². The Morgan fingerprint density at radius 3 is 2.70 bits per heavy atom. The number of nitrogens with zero attached hydrogens (tertiary/aromatic N) is 2. The van der Waals surface area contributed by atoms with Gasteiger partial charge in [-0.2, -0.15) is 4.31 Å². The fourth-order valence-electron chi connectivity index (χ4n) is 1.87.